The lowest BCUT2D eigenvalue weighted by atomic mass is 9.99. The molecule has 1 radical (unpaired) electrons. The smallest absolute Gasteiger partial charge is 0.0717 e. The van der Waals surface area contributed by atoms with Crippen LogP contribution in [-0.4, -0.2) is 19.7 Å². The van der Waals surface area contributed by atoms with E-state index in [1.165, 1.54) is 0 Å². The molecule has 1 heterocycles. The fourth-order valence-corrected chi connectivity index (χ4v) is 2.19. The van der Waals surface area contributed by atoms with Crippen LogP contribution in [0, 0.1) is 12.3 Å². The van der Waals surface area contributed by atoms with Gasteiger partial charge in [0.1, 0.15) is 0 Å². The summed E-state index contributed by atoms with van der Waals surface area (Å²) in [6, 6.07) is 5.61. The molecule has 0 aliphatic carbocycles. The molecule has 1 aromatic carbocycles. The summed E-state index contributed by atoms with van der Waals surface area (Å²) in [5.74, 6) is 0.569. The first-order valence-corrected chi connectivity index (χ1v) is 6.57. The second kappa shape index (κ2) is 6.60. The van der Waals surface area contributed by atoms with Crippen molar-refractivity contribution >= 4 is 23.2 Å². The minimum Gasteiger partial charge on any atom is -0.376 e. The Bertz CT molecular complexity index is 364. The van der Waals surface area contributed by atoms with Crippen LogP contribution in [0.5, 0.6) is 0 Å². The zero-order valence-electron chi connectivity index (χ0n) is 9.59. The Morgan fingerprint density at radius 2 is 2.18 bits per heavy atom. The molecule has 4 heteroatoms. The third-order valence-electron chi connectivity index (χ3n) is 2.87. The topological polar surface area (TPSA) is 21.3 Å². The summed E-state index contributed by atoms with van der Waals surface area (Å²) in [6.45, 7) is 3.44. The van der Waals surface area contributed by atoms with Gasteiger partial charge in [-0.15, -0.1) is 0 Å². The van der Waals surface area contributed by atoms with Gasteiger partial charge in [-0.05, 0) is 49.5 Å². The summed E-state index contributed by atoms with van der Waals surface area (Å²) in [7, 11) is 0. The van der Waals surface area contributed by atoms with Crippen molar-refractivity contribution in [2.45, 2.75) is 13.0 Å². The van der Waals surface area contributed by atoms with Gasteiger partial charge in [0.2, 0.25) is 0 Å². The van der Waals surface area contributed by atoms with Crippen LogP contribution in [-0.2, 0) is 11.3 Å². The highest BCUT2D eigenvalue weighted by molar-refractivity contribution is 6.41. The first-order valence-electron chi connectivity index (χ1n) is 5.81. The molecular weight excluding hydrogens is 257 g/mol. The molecule has 0 amide bonds. The van der Waals surface area contributed by atoms with Gasteiger partial charge in [-0.25, -0.2) is 0 Å². The minimum atomic E-state index is 0.569. The predicted octanol–water partition coefficient (Wildman–Crippen LogP) is 3.32. The van der Waals surface area contributed by atoms with Crippen molar-refractivity contribution in [3.63, 3.8) is 0 Å². The first kappa shape index (κ1) is 13.2. The number of benzene rings is 1. The van der Waals surface area contributed by atoms with Crippen LogP contribution in [0.3, 0.4) is 0 Å². The van der Waals surface area contributed by atoms with Crippen LogP contribution in [0.1, 0.15) is 12.0 Å². The maximum Gasteiger partial charge on any atom is 0.0717 e. The van der Waals surface area contributed by atoms with Crippen LogP contribution < -0.4 is 5.32 Å². The maximum absolute atomic E-state index is 5.94. The third-order valence-corrected chi connectivity index (χ3v) is 3.61. The molecule has 93 valence electrons. The lowest BCUT2D eigenvalue weighted by Gasteiger charge is -2.22. The molecule has 1 aromatic rings. The number of hydrogen-bond donors (Lipinski definition) is 1. The summed E-state index contributed by atoms with van der Waals surface area (Å²) < 4.78 is 5.69. The van der Waals surface area contributed by atoms with Crippen molar-refractivity contribution in [2.24, 2.45) is 5.92 Å². The molecule has 0 aromatic heterocycles. The van der Waals surface area contributed by atoms with E-state index in [4.69, 9.17) is 27.9 Å². The van der Waals surface area contributed by atoms with Crippen LogP contribution in [0.4, 0.5) is 0 Å². The van der Waals surface area contributed by atoms with E-state index in [-0.39, 0.29) is 0 Å². The Morgan fingerprint density at radius 3 is 2.88 bits per heavy atom. The van der Waals surface area contributed by atoms with E-state index >= 15 is 0 Å². The Morgan fingerprint density at radius 1 is 1.29 bits per heavy atom. The van der Waals surface area contributed by atoms with Gasteiger partial charge in [-0.3, -0.25) is 0 Å². The molecule has 17 heavy (non-hydrogen) atoms. The lowest BCUT2D eigenvalue weighted by molar-refractivity contribution is 0.0895. The van der Waals surface area contributed by atoms with Crippen molar-refractivity contribution in [3.8, 4) is 0 Å². The Kier molecular flexibility index (Phi) is 5.11. The van der Waals surface area contributed by atoms with Crippen LogP contribution in [0.25, 0.3) is 0 Å². The molecule has 1 atom stereocenters. The van der Waals surface area contributed by atoms with Crippen LogP contribution in [0.15, 0.2) is 18.2 Å². The predicted molar refractivity (Wildman–Crippen MR) is 71.4 cm³/mol. The van der Waals surface area contributed by atoms with Gasteiger partial charge in [-0.1, -0.05) is 29.3 Å². The number of nitrogens with one attached hydrogen (secondary N) is 1. The minimum absolute atomic E-state index is 0.569. The summed E-state index contributed by atoms with van der Waals surface area (Å²) in [5, 5.41) is 4.46. The number of piperidine rings is 1. The molecule has 1 unspecified atom stereocenters. The fourth-order valence-electron chi connectivity index (χ4n) is 1.87. The molecule has 1 saturated heterocycles. The van der Waals surface area contributed by atoms with E-state index in [2.05, 4.69) is 11.7 Å². The van der Waals surface area contributed by atoms with Gasteiger partial charge in [0.05, 0.1) is 23.3 Å². The third kappa shape index (κ3) is 4.14. The molecule has 1 aliphatic heterocycles. The second-order valence-electron chi connectivity index (χ2n) is 4.25. The molecule has 1 fully saturated rings. The molecular formula is C13H16Cl2NO. The van der Waals surface area contributed by atoms with E-state index in [0.717, 1.165) is 31.7 Å². The Hall–Kier alpha value is -0.280. The van der Waals surface area contributed by atoms with Crippen LogP contribution in [0.2, 0.25) is 10.0 Å². The molecule has 2 rings (SSSR count). The zero-order valence-corrected chi connectivity index (χ0v) is 11.1. The van der Waals surface area contributed by atoms with Crippen molar-refractivity contribution in [1.82, 2.24) is 5.32 Å². The highest BCUT2D eigenvalue weighted by Gasteiger charge is 2.13. The average molecular weight is 273 g/mol. The molecule has 0 spiro atoms. The molecule has 2 nitrogen and oxygen atoms in total. The van der Waals surface area contributed by atoms with Crippen molar-refractivity contribution in [1.29, 1.82) is 0 Å². The van der Waals surface area contributed by atoms with E-state index in [1.807, 2.05) is 12.1 Å². The van der Waals surface area contributed by atoms with E-state index in [1.54, 1.807) is 6.07 Å². The van der Waals surface area contributed by atoms with Gasteiger partial charge < -0.3 is 10.1 Å². The molecule has 0 bridgehead atoms. The summed E-state index contributed by atoms with van der Waals surface area (Å²) in [4.78, 5) is 0. The second-order valence-corrected chi connectivity index (χ2v) is 5.07. The highest BCUT2D eigenvalue weighted by atomic mass is 35.5. The van der Waals surface area contributed by atoms with Gasteiger partial charge in [-0.2, -0.15) is 0 Å². The summed E-state index contributed by atoms with van der Waals surface area (Å²) in [5.41, 5.74) is 1.06. The lowest BCUT2D eigenvalue weighted by Crippen LogP contribution is -2.30. The molecule has 1 N–H and O–H groups in total. The van der Waals surface area contributed by atoms with Gasteiger partial charge in [0.25, 0.3) is 0 Å². The van der Waals surface area contributed by atoms with E-state index in [9.17, 15) is 0 Å². The Balaban J connectivity index is 1.75. The van der Waals surface area contributed by atoms with Crippen molar-refractivity contribution in [2.75, 3.05) is 19.7 Å². The first-order chi connectivity index (χ1) is 8.25. The SMILES string of the molecule is Clc1ccc(COCC2[CH]CNCC2)cc1Cl. The number of hydrogen-bond acceptors (Lipinski definition) is 2. The maximum atomic E-state index is 5.94. The quantitative estimate of drug-likeness (QED) is 0.908. The van der Waals surface area contributed by atoms with Crippen molar-refractivity contribution < 1.29 is 4.74 Å². The highest BCUT2D eigenvalue weighted by Crippen LogP contribution is 2.23. The van der Waals surface area contributed by atoms with E-state index in [0.29, 0.717) is 22.6 Å². The van der Waals surface area contributed by atoms with Crippen LogP contribution >= 0.6 is 23.2 Å². The average Bonchev–Trinajstić information content (AvgIpc) is 2.35. The number of rotatable bonds is 4. The molecule has 0 saturated carbocycles. The largest absolute Gasteiger partial charge is 0.376 e. The van der Waals surface area contributed by atoms with Crippen molar-refractivity contribution in [3.05, 3.63) is 40.2 Å². The Labute approximate surface area is 112 Å². The zero-order chi connectivity index (χ0) is 12.1. The van der Waals surface area contributed by atoms with Gasteiger partial charge in [0, 0.05) is 0 Å². The van der Waals surface area contributed by atoms with Gasteiger partial charge in [0.15, 0.2) is 0 Å². The normalized spacial score (nSPS) is 17.3. The van der Waals surface area contributed by atoms with E-state index < -0.39 is 0 Å². The summed E-state index contributed by atoms with van der Waals surface area (Å²) in [6.07, 6.45) is 3.43. The fraction of sp³-hybridized carbons (Fsp3) is 0.462. The monoisotopic (exact) mass is 272 g/mol. The van der Waals surface area contributed by atoms with Gasteiger partial charge >= 0.3 is 0 Å². The standard InChI is InChI=1S/C13H16Cl2NO/c14-12-2-1-11(7-13(12)15)9-17-8-10-3-5-16-6-4-10/h1-3,7,10,16H,4-6,8-9H2. The number of halogens is 2. The molecule has 1 aliphatic rings. The number of ether oxygens (including phenoxy) is 1. The summed E-state index contributed by atoms with van der Waals surface area (Å²) >= 11 is 11.8.